The number of ether oxygens (including phenoxy) is 3. The molecule has 5 rings (SSSR count). The van der Waals surface area contributed by atoms with Crippen LogP contribution in [-0.4, -0.2) is 55.7 Å². The molecule has 9 nitrogen and oxygen atoms in total. The van der Waals surface area contributed by atoms with Crippen molar-refractivity contribution < 1.29 is 27.5 Å². The van der Waals surface area contributed by atoms with Crippen molar-refractivity contribution in [1.29, 1.82) is 0 Å². The lowest BCUT2D eigenvalue weighted by Gasteiger charge is -2.43. The topological polar surface area (TPSA) is 101 Å². The minimum atomic E-state index is -2.67. The molecule has 3 heterocycles. The second kappa shape index (κ2) is 13.0. The molecule has 1 aliphatic rings. The average molecular weight is 655 g/mol. The van der Waals surface area contributed by atoms with E-state index in [0.717, 1.165) is 0 Å². The highest BCUT2D eigenvalue weighted by atomic mass is 79.9. The zero-order chi connectivity index (χ0) is 29.7. The summed E-state index contributed by atoms with van der Waals surface area (Å²) >= 11 is 3.69. The Morgan fingerprint density at radius 2 is 1.57 bits per heavy atom. The Bertz CT molecular complexity index is 1430. The summed E-state index contributed by atoms with van der Waals surface area (Å²) in [5.74, 6) is 1.15. The van der Waals surface area contributed by atoms with Gasteiger partial charge in [0, 0.05) is 19.6 Å². The normalized spacial score (nSPS) is 18.1. The number of alkyl halides is 1. The molecule has 0 bridgehead atoms. The fraction of sp³-hybridized carbons (Fsp3) is 0.387. The average Bonchev–Trinajstić information content (AvgIpc) is 3.74. The van der Waals surface area contributed by atoms with E-state index in [1.807, 2.05) is 0 Å². The number of hydrogen-bond donors (Lipinski definition) is 0. The number of aliphatic imine (C=N–C) groups is 1. The van der Waals surface area contributed by atoms with E-state index >= 15 is 0 Å². The van der Waals surface area contributed by atoms with Crippen LogP contribution >= 0.6 is 15.9 Å². The lowest BCUT2D eigenvalue weighted by Crippen LogP contribution is -2.67. The molecule has 4 aromatic rings. The van der Waals surface area contributed by atoms with Gasteiger partial charge in [-0.3, -0.25) is 0 Å². The van der Waals surface area contributed by atoms with Crippen molar-refractivity contribution in [1.82, 2.24) is 9.97 Å². The monoisotopic (exact) mass is 653 g/mol. The number of rotatable bonds is 12. The largest absolute Gasteiger partial charge is 0.459 e. The Morgan fingerprint density at radius 1 is 0.929 bits per heavy atom. The number of halogens is 1. The first-order valence-corrected chi connectivity index (χ1v) is 16.7. The molecular formula is C31H36BrN3O6Si. The second-order valence-corrected chi connectivity index (χ2v) is 16.5. The molecule has 2 unspecified atom stereocenters. The summed E-state index contributed by atoms with van der Waals surface area (Å²) in [4.78, 5) is 13.8. The van der Waals surface area contributed by atoms with Crippen LogP contribution in [0.15, 0.2) is 87.0 Å². The van der Waals surface area contributed by atoms with Gasteiger partial charge in [-0.2, -0.15) is 0 Å². The van der Waals surface area contributed by atoms with Crippen molar-refractivity contribution >= 4 is 40.5 Å². The highest BCUT2D eigenvalue weighted by molar-refractivity contribution is 9.09. The Kier molecular flexibility index (Phi) is 9.43. The third-order valence-electron chi connectivity index (χ3n) is 7.24. The maximum Gasteiger partial charge on any atom is 0.261 e. The summed E-state index contributed by atoms with van der Waals surface area (Å²) in [5, 5.41) is 2.05. The van der Waals surface area contributed by atoms with Crippen LogP contribution in [0, 0.1) is 5.92 Å². The molecule has 3 atom stereocenters. The van der Waals surface area contributed by atoms with Gasteiger partial charge in [-0.15, -0.1) is 0 Å². The first-order valence-electron chi connectivity index (χ1n) is 13.8. The molecule has 2 aromatic carbocycles. The molecule has 0 aliphatic carbocycles. The molecule has 2 aromatic heterocycles. The van der Waals surface area contributed by atoms with E-state index in [-0.39, 0.29) is 35.4 Å². The van der Waals surface area contributed by atoms with Gasteiger partial charge in [-0.1, -0.05) is 88.4 Å². The summed E-state index contributed by atoms with van der Waals surface area (Å²) in [5.41, 5.74) is 0.937. The molecule has 222 valence electrons. The minimum absolute atomic E-state index is 0.0464. The van der Waals surface area contributed by atoms with E-state index in [9.17, 15) is 0 Å². The molecule has 0 spiro atoms. The summed E-state index contributed by atoms with van der Waals surface area (Å²) in [6.45, 7) is 9.81. The third-order valence-corrected chi connectivity index (χ3v) is 13.0. The highest BCUT2D eigenvalue weighted by Crippen LogP contribution is 2.38. The van der Waals surface area contributed by atoms with Gasteiger partial charge in [0.15, 0.2) is 16.4 Å². The Hall–Kier alpha value is -3.09. The molecule has 0 radical (unpaired) electrons. The van der Waals surface area contributed by atoms with E-state index in [1.54, 1.807) is 7.11 Å². The molecule has 0 saturated heterocycles. The van der Waals surface area contributed by atoms with Crippen LogP contribution in [0.4, 0.5) is 0 Å². The molecule has 11 heteroatoms. The van der Waals surface area contributed by atoms with E-state index < -0.39 is 8.32 Å². The van der Waals surface area contributed by atoms with E-state index in [2.05, 4.69) is 114 Å². The van der Waals surface area contributed by atoms with Crippen molar-refractivity contribution in [3.05, 3.63) is 84.8 Å². The third kappa shape index (κ3) is 6.30. The van der Waals surface area contributed by atoms with Crippen LogP contribution in [0.25, 0.3) is 11.6 Å². The number of benzene rings is 2. The predicted octanol–water partition coefficient (Wildman–Crippen LogP) is 5.53. The van der Waals surface area contributed by atoms with Gasteiger partial charge in [0.25, 0.3) is 8.32 Å². The molecule has 0 amide bonds. The number of methoxy groups -OCH3 is 1. The SMILES string of the molecule is COCOCc1nc(-c2nc(C3=NC([C@@H](C)CO[Si](c4ccccc4)(c4ccccc4)C(C)(C)C)C(Br)O3)co2)co1. The highest BCUT2D eigenvalue weighted by Gasteiger charge is 2.50. The summed E-state index contributed by atoms with van der Waals surface area (Å²) < 4.78 is 34.5. The first-order chi connectivity index (χ1) is 20.2. The number of oxazole rings is 2. The van der Waals surface area contributed by atoms with E-state index in [1.165, 1.54) is 22.9 Å². The van der Waals surface area contributed by atoms with Gasteiger partial charge in [-0.05, 0) is 31.3 Å². The number of hydrogen-bond acceptors (Lipinski definition) is 9. The van der Waals surface area contributed by atoms with E-state index in [4.69, 9.17) is 32.5 Å². The maximum atomic E-state index is 7.15. The van der Waals surface area contributed by atoms with Crippen LogP contribution < -0.4 is 10.4 Å². The lowest BCUT2D eigenvalue weighted by atomic mass is 10.1. The van der Waals surface area contributed by atoms with Crippen LogP contribution in [0.2, 0.25) is 5.04 Å². The zero-order valence-corrected chi connectivity index (χ0v) is 27.0. The van der Waals surface area contributed by atoms with Gasteiger partial charge >= 0.3 is 0 Å². The first kappa shape index (κ1) is 30.4. The molecule has 0 fully saturated rings. The van der Waals surface area contributed by atoms with Gasteiger partial charge in [0.1, 0.15) is 32.0 Å². The second-order valence-electron chi connectivity index (χ2n) is 11.3. The fourth-order valence-corrected chi connectivity index (χ4v) is 10.7. The van der Waals surface area contributed by atoms with Gasteiger partial charge in [0.2, 0.25) is 17.7 Å². The van der Waals surface area contributed by atoms with Crippen LogP contribution in [0.1, 0.15) is 39.3 Å². The van der Waals surface area contributed by atoms with Gasteiger partial charge in [-0.25, -0.2) is 15.0 Å². The van der Waals surface area contributed by atoms with Crippen molar-refractivity contribution in [2.24, 2.45) is 10.9 Å². The summed E-state index contributed by atoms with van der Waals surface area (Å²) in [6, 6.07) is 21.1. The van der Waals surface area contributed by atoms with Gasteiger partial charge in [0.05, 0.1) is 0 Å². The fourth-order valence-electron chi connectivity index (χ4n) is 5.21. The van der Waals surface area contributed by atoms with Crippen molar-refractivity contribution in [2.75, 3.05) is 20.5 Å². The molecule has 42 heavy (non-hydrogen) atoms. The number of nitrogens with zero attached hydrogens (tertiary/aromatic N) is 3. The van der Waals surface area contributed by atoms with Crippen molar-refractivity contribution in [3.63, 3.8) is 0 Å². The van der Waals surface area contributed by atoms with Crippen molar-refractivity contribution in [3.8, 4) is 11.6 Å². The Labute approximate surface area is 255 Å². The van der Waals surface area contributed by atoms with Crippen LogP contribution in [-0.2, 0) is 25.2 Å². The molecular weight excluding hydrogens is 618 g/mol. The van der Waals surface area contributed by atoms with Crippen LogP contribution in [0.3, 0.4) is 0 Å². The van der Waals surface area contributed by atoms with Gasteiger partial charge < -0.3 is 27.5 Å². The smallest absolute Gasteiger partial charge is 0.261 e. The zero-order valence-electron chi connectivity index (χ0n) is 24.5. The maximum absolute atomic E-state index is 7.15. The molecule has 0 saturated carbocycles. The van der Waals surface area contributed by atoms with E-state index in [0.29, 0.717) is 35.7 Å². The minimum Gasteiger partial charge on any atom is -0.459 e. The summed E-state index contributed by atoms with van der Waals surface area (Å²) in [7, 11) is -1.12. The van der Waals surface area contributed by atoms with Crippen molar-refractivity contribution in [2.45, 2.75) is 50.4 Å². The molecule has 1 aliphatic heterocycles. The Balaban J connectivity index is 1.34. The molecule has 0 N–H and O–H groups in total. The summed E-state index contributed by atoms with van der Waals surface area (Å²) in [6.07, 6.45) is 2.98. The quantitative estimate of drug-likeness (QED) is 0.0852. The Morgan fingerprint density at radius 3 is 2.19 bits per heavy atom. The standard InChI is InChI=1S/C31H36BrN3O6Si/c1-21(16-40-42(31(2,3)4,22-12-8-6-9-13-22)23-14-10-7-11-15-23)27-28(32)41-30(35-27)25-18-39-29(34-25)24-17-38-26(33-24)19-37-20-36-5/h6-15,17-18,21,27-28H,16,19-20H2,1-5H3/t21-,27?,28?/m0/s1. The predicted molar refractivity (Wildman–Crippen MR) is 166 cm³/mol. The van der Waals surface area contributed by atoms with Crippen LogP contribution in [0.5, 0.6) is 0 Å². The number of aromatic nitrogens is 2. The lowest BCUT2D eigenvalue weighted by molar-refractivity contribution is -0.0453.